The monoisotopic (exact) mass is 175 g/mol. The van der Waals surface area contributed by atoms with E-state index in [9.17, 15) is 0 Å². The molecule has 0 spiro atoms. The molecule has 1 unspecified atom stereocenters. The molecule has 0 saturated heterocycles. The average molecular weight is 175 g/mol. The Labute approximate surface area is 77.7 Å². The summed E-state index contributed by atoms with van der Waals surface area (Å²) >= 11 is -1.81. The summed E-state index contributed by atoms with van der Waals surface area (Å²) in [5.41, 5.74) is 0. The maximum atomic E-state index is 8.47. The van der Waals surface area contributed by atoms with Crippen LogP contribution in [0.5, 0.6) is 0 Å². The maximum absolute atomic E-state index is 8.47. The van der Waals surface area contributed by atoms with Crippen LogP contribution in [0.2, 0.25) is 0 Å². The molecule has 0 aromatic rings. The van der Waals surface area contributed by atoms with Crippen molar-refractivity contribution in [3.05, 3.63) is 0 Å². The van der Waals surface area contributed by atoms with Gasteiger partial charge < -0.3 is 7.75 Å². The van der Waals surface area contributed by atoms with Gasteiger partial charge in [-0.1, -0.05) is 0 Å². The Kier molecular flexibility index (Phi) is 75.6. The summed E-state index contributed by atoms with van der Waals surface area (Å²) in [6.45, 7) is 0. The van der Waals surface area contributed by atoms with E-state index >= 15 is 0 Å². The molecule has 0 rings (SSSR count). The zero-order valence-corrected chi connectivity index (χ0v) is 7.76. The molecule has 0 heterocycles. The molecule has 0 aromatic heterocycles. The average Bonchev–Trinajstić information content (AvgIpc) is 1.46. The van der Waals surface area contributed by atoms with E-state index < -0.39 is 16.2 Å². The molecule has 3 nitrogen and oxygen atoms in total. The van der Waals surface area contributed by atoms with Gasteiger partial charge in [-0.3, -0.25) is 0 Å². The van der Waals surface area contributed by atoms with E-state index in [0.717, 1.165) is 0 Å². The van der Waals surface area contributed by atoms with E-state index in [0.29, 0.717) is 0 Å². The number of rotatable bonds is 0. The number of hydrogen-bond donors (Lipinski definition) is 1. The van der Waals surface area contributed by atoms with Crippen molar-refractivity contribution in [3.8, 4) is 0 Å². The zero-order valence-electron chi connectivity index (χ0n) is 5.00. The first-order valence-electron chi connectivity index (χ1n) is 0.623. The van der Waals surface area contributed by atoms with E-state index in [1.165, 1.54) is 9.47 Å². The first-order chi connectivity index (χ1) is 2.41. The molecule has 0 aliphatic carbocycles. The second kappa shape index (κ2) is 29.0. The number of hydrogen-bond acceptors (Lipinski definition) is 3. The summed E-state index contributed by atoms with van der Waals surface area (Å²) < 4.78 is 16.9. The molecule has 0 aliphatic heterocycles. The fraction of sp³-hybridized carbons (Fsp3) is 0. The van der Waals surface area contributed by atoms with Gasteiger partial charge in [-0.25, -0.2) is 0 Å². The normalized spacial score (nSPS) is 2.33. The molecular formula is H5CaO3PV. The van der Waals surface area contributed by atoms with Crippen LogP contribution in [0.25, 0.3) is 0 Å². The van der Waals surface area contributed by atoms with Gasteiger partial charge in [0.25, 0.3) is 0 Å². The molecule has 0 radical (unpaired) electrons. The van der Waals surface area contributed by atoms with E-state index in [1.54, 1.807) is 0 Å². The minimum atomic E-state index is -1.81. The van der Waals surface area contributed by atoms with Crippen LogP contribution in [0.3, 0.4) is 0 Å². The Morgan fingerprint density at radius 3 is 1.50 bits per heavy atom. The summed E-state index contributed by atoms with van der Waals surface area (Å²) in [6, 6.07) is 0. The van der Waals surface area contributed by atoms with E-state index in [4.69, 9.17) is 12.2 Å². The Hall–Kier alpha value is 1.83. The Bertz CT molecular complexity index is 38.3. The first kappa shape index (κ1) is 15.7. The molecule has 0 saturated carbocycles. The van der Waals surface area contributed by atoms with E-state index in [-0.39, 0.29) is 40.6 Å². The SMILES string of the molecule is OP.[Ca+2].[H-].[H-].[O]=[V]=[O]. The van der Waals surface area contributed by atoms with Gasteiger partial charge >= 0.3 is 61.3 Å². The van der Waals surface area contributed by atoms with Crippen molar-refractivity contribution in [1.82, 2.24) is 0 Å². The summed E-state index contributed by atoms with van der Waals surface area (Å²) in [6.07, 6.45) is 0. The summed E-state index contributed by atoms with van der Waals surface area (Å²) in [4.78, 5) is 6.92. The van der Waals surface area contributed by atoms with Crippen LogP contribution in [-0.2, 0) is 23.5 Å². The van der Waals surface area contributed by atoms with Crippen LogP contribution in [0, 0.1) is 0 Å². The topological polar surface area (TPSA) is 54.4 Å². The zero-order chi connectivity index (χ0) is 4.71. The second-order valence-corrected chi connectivity index (χ2v) is 0.307. The van der Waals surface area contributed by atoms with Gasteiger partial charge in [0.15, 0.2) is 0 Å². The molecule has 1 N–H and O–H groups in total. The van der Waals surface area contributed by atoms with Gasteiger partial charge in [0.05, 0.1) is 0 Å². The minimum absolute atomic E-state index is 0. The molecule has 0 aromatic carbocycles. The van der Waals surface area contributed by atoms with Gasteiger partial charge in [0.2, 0.25) is 0 Å². The third kappa shape index (κ3) is 40.5. The van der Waals surface area contributed by atoms with Crippen LogP contribution < -0.4 is 0 Å². The first-order valence-corrected chi connectivity index (χ1v) is 2.28. The molecule has 0 aliphatic rings. The Balaban J connectivity index is -0.00000000567. The van der Waals surface area contributed by atoms with Gasteiger partial charge in [0.1, 0.15) is 0 Å². The summed E-state index contributed by atoms with van der Waals surface area (Å²) in [5, 5.41) is 0. The Morgan fingerprint density at radius 2 is 1.50 bits per heavy atom. The van der Waals surface area contributed by atoms with Crippen molar-refractivity contribution in [3.63, 3.8) is 0 Å². The van der Waals surface area contributed by atoms with Gasteiger partial charge in [-0.2, -0.15) is 0 Å². The third-order valence-electron chi connectivity index (χ3n) is 0. The van der Waals surface area contributed by atoms with Gasteiger partial charge in [0, 0.05) is 0 Å². The van der Waals surface area contributed by atoms with Crippen LogP contribution in [0.1, 0.15) is 2.85 Å². The van der Waals surface area contributed by atoms with Crippen molar-refractivity contribution in [2.75, 3.05) is 0 Å². The van der Waals surface area contributed by atoms with Gasteiger partial charge in [-0.05, 0) is 9.47 Å². The molecule has 0 fully saturated rings. The van der Waals surface area contributed by atoms with Crippen molar-refractivity contribution < 1.29 is 31.3 Å². The summed E-state index contributed by atoms with van der Waals surface area (Å²) in [7, 11) is 1.42. The van der Waals surface area contributed by atoms with E-state index in [1.807, 2.05) is 0 Å². The molecule has 0 bridgehead atoms. The van der Waals surface area contributed by atoms with Crippen molar-refractivity contribution in [2.24, 2.45) is 0 Å². The van der Waals surface area contributed by atoms with Crippen LogP contribution in [-0.4, -0.2) is 42.6 Å². The molecule has 6 heavy (non-hydrogen) atoms. The van der Waals surface area contributed by atoms with Crippen molar-refractivity contribution in [2.45, 2.75) is 0 Å². The predicted molar refractivity (Wildman–Crippen MR) is 21.3 cm³/mol. The quantitative estimate of drug-likeness (QED) is 0.394. The molecule has 0 amide bonds. The van der Waals surface area contributed by atoms with Crippen molar-refractivity contribution >= 4 is 47.2 Å². The van der Waals surface area contributed by atoms with Crippen molar-refractivity contribution in [1.29, 1.82) is 0 Å². The fourth-order valence-corrected chi connectivity index (χ4v) is 0. The van der Waals surface area contributed by atoms with Gasteiger partial charge in [-0.15, -0.1) is 0 Å². The molecule has 35 valence electrons. The standard InChI is InChI=1S/Ca.H3OP.2O.V.2H/c;1-2;;;;;/h;1H,2H2;;;;;/q+2;;;;;2*-1. The molecular weight excluding hydrogens is 170 g/mol. The molecule has 1 atom stereocenters. The van der Waals surface area contributed by atoms with Crippen LogP contribution in [0.4, 0.5) is 0 Å². The third-order valence-corrected chi connectivity index (χ3v) is 0. The summed E-state index contributed by atoms with van der Waals surface area (Å²) in [5.74, 6) is 0. The molecule has 6 heteroatoms. The predicted octanol–water partition coefficient (Wildman–Crippen LogP) is -0.627. The Morgan fingerprint density at radius 1 is 1.50 bits per heavy atom. The fourth-order valence-electron chi connectivity index (χ4n) is 0. The van der Waals surface area contributed by atoms with Crippen LogP contribution >= 0.6 is 9.47 Å². The second-order valence-electron chi connectivity index (χ2n) is 0.0745. The van der Waals surface area contributed by atoms with Crippen LogP contribution in [0.15, 0.2) is 0 Å². The van der Waals surface area contributed by atoms with E-state index in [2.05, 4.69) is 0 Å².